The molecule has 0 radical (unpaired) electrons. The summed E-state index contributed by atoms with van der Waals surface area (Å²) < 4.78 is 7.70. The minimum absolute atomic E-state index is 0.00276. The Morgan fingerprint density at radius 2 is 2.08 bits per heavy atom. The Bertz CT molecular complexity index is 1120. The van der Waals surface area contributed by atoms with Crippen molar-refractivity contribution in [3.63, 3.8) is 0 Å². The monoisotopic (exact) mass is 328 g/mol. The number of benzene rings is 2. The largest absolute Gasteiger partial charge is 0.461 e. The van der Waals surface area contributed by atoms with Gasteiger partial charge in [-0.3, -0.25) is 4.79 Å². The zero-order valence-electron chi connectivity index (χ0n) is 13.8. The van der Waals surface area contributed by atoms with Crippen LogP contribution in [0.1, 0.15) is 34.1 Å². The Balaban J connectivity index is 1.51. The summed E-state index contributed by atoms with van der Waals surface area (Å²) in [5.41, 5.74) is 4.97. The average molecular weight is 328 g/mol. The first-order valence-electron chi connectivity index (χ1n) is 8.35. The molecule has 0 saturated heterocycles. The lowest BCUT2D eigenvalue weighted by molar-refractivity contribution is 0.0970. The second kappa shape index (κ2) is 5.18. The van der Waals surface area contributed by atoms with E-state index in [4.69, 9.17) is 4.42 Å². The van der Waals surface area contributed by atoms with Gasteiger partial charge in [0.15, 0.2) is 5.78 Å². The first-order valence-corrected chi connectivity index (χ1v) is 8.35. The summed E-state index contributed by atoms with van der Waals surface area (Å²) >= 11 is 0. The maximum absolute atomic E-state index is 12.9. The van der Waals surface area contributed by atoms with E-state index in [9.17, 15) is 4.79 Å². The quantitative estimate of drug-likeness (QED) is 0.508. The Hall–Kier alpha value is -3.14. The van der Waals surface area contributed by atoms with Gasteiger partial charge >= 0.3 is 0 Å². The van der Waals surface area contributed by atoms with Crippen LogP contribution in [0.25, 0.3) is 22.2 Å². The van der Waals surface area contributed by atoms with Crippen molar-refractivity contribution in [3.8, 4) is 11.3 Å². The summed E-state index contributed by atoms with van der Waals surface area (Å²) in [5, 5.41) is 0.971. The molecule has 0 aliphatic carbocycles. The van der Waals surface area contributed by atoms with Crippen LogP contribution in [0.5, 0.6) is 0 Å². The number of carbonyl (C=O) groups excluding carboxylic acids is 1. The van der Waals surface area contributed by atoms with Gasteiger partial charge in [0.05, 0.1) is 24.3 Å². The third kappa shape index (κ3) is 2.14. The zero-order valence-corrected chi connectivity index (χ0v) is 13.8. The van der Waals surface area contributed by atoms with Gasteiger partial charge < -0.3 is 8.98 Å². The third-order valence-corrected chi connectivity index (χ3v) is 4.94. The number of Topliss-reactive ketones (excluding diaryl/α,β-unsaturated/α-hetero) is 1. The Kier molecular flexibility index (Phi) is 2.95. The van der Waals surface area contributed by atoms with Crippen molar-refractivity contribution in [1.29, 1.82) is 0 Å². The molecule has 1 aliphatic heterocycles. The van der Waals surface area contributed by atoms with Crippen molar-refractivity contribution in [1.82, 2.24) is 9.55 Å². The molecule has 4 aromatic rings. The number of rotatable bonds is 3. The molecule has 2 aromatic carbocycles. The number of furan rings is 1. The fraction of sp³-hybridized carbons (Fsp3) is 0.143. The van der Waals surface area contributed by atoms with Crippen LogP contribution < -0.4 is 0 Å². The molecule has 4 nitrogen and oxygen atoms in total. The fourth-order valence-electron chi connectivity index (χ4n) is 3.78. The molecule has 1 atom stereocenters. The van der Waals surface area contributed by atoms with Crippen molar-refractivity contribution in [2.24, 2.45) is 0 Å². The van der Waals surface area contributed by atoms with Crippen LogP contribution in [0.15, 0.2) is 65.5 Å². The van der Waals surface area contributed by atoms with Crippen LogP contribution >= 0.6 is 0 Å². The highest BCUT2D eigenvalue weighted by atomic mass is 16.3. The number of aromatic nitrogens is 2. The van der Waals surface area contributed by atoms with Gasteiger partial charge in [-0.1, -0.05) is 24.3 Å². The molecule has 0 fully saturated rings. The molecule has 0 N–H and O–H groups in total. The number of ketones is 1. The summed E-state index contributed by atoms with van der Waals surface area (Å²) in [6, 6.07) is 15.9. The van der Waals surface area contributed by atoms with E-state index in [1.165, 1.54) is 11.1 Å². The van der Waals surface area contributed by atoms with Crippen LogP contribution in [-0.2, 0) is 0 Å². The standard InChI is InChI=1S/C21H16N2O2/c1-13-8-15-9-14(6-7-21(15)25-13)20(24)10-18-16-4-2-3-5-17(16)19-11-22-12-23(18)19/h2-9,11-12,18H,10H2,1H3. The van der Waals surface area contributed by atoms with Gasteiger partial charge in [-0.05, 0) is 36.8 Å². The minimum Gasteiger partial charge on any atom is -0.461 e. The van der Waals surface area contributed by atoms with Gasteiger partial charge in [0, 0.05) is 22.9 Å². The van der Waals surface area contributed by atoms with Gasteiger partial charge in [0.2, 0.25) is 0 Å². The smallest absolute Gasteiger partial charge is 0.165 e. The van der Waals surface area contributed by atoms with Crippen molar-refractivity contribution in [3.05, 3.63) is 77.9 Å². The van der Waals surface area contributed by atoms with E-state index in [0.717, 1.165) is 28.0 Å². The third-order valence-electron chi connectivity index (χ3n) is 4.94. The lowest BCUT2D eigenvalue weighted by Gasteiger charge is -2.14. The molecule has 0 bridgehead atoms. The molecule has 2 aromatic heterocycles. The molecule has 4 heteroatoms. The first-order chi connectivity index (χ1) is 12.2. The van der Waals surface area contributed by atoms with Crippen molar-refractivity contribution < 1.29 is 9.21 Å². The summed E-state index contributed by atoms with van der Waals surface area (Å²) in [6.07, 6.45) is 4.10. The lowest BCUT2D eigenvalue weighted by Crippen LogP contribution is -2.11. The zero-order chi connectivity index (χ0) is 17.0. The van der Waals surface area contributed by atoms with Crippen LogP contribution in [0, 0.1) is 6.92 Å². The molecule has 3 heterocycles. The predicted molar refractivity (Wildman–Crippen MR) is 95.7 cm³/mol. The second-order valence-electron chi connectivity index (χ2n) is 6.53. The maximum atomic E-state index is 12.9. The highest BCUT2D eigenvalue weighted by Gasteiger charge is 2.29. The van der Waals surface area contributed by atoms with E-state index in [1.807, 2.05) is 55.8 Å². The number of fused-ring (bicyclic) bond motifs is 4. The van der Waals surface area contributed by atoms with Crippen LogP contribution in [0.4, 0.5) is 0 Å². The van der Waals surface area contributed by atoms with E-state index >= 15 is 0 Å². The molecule has 0 saturated carbocycles. The molecule has 0 spiro atoms. The van der Waals surface area contributed by atoms with E-state index in [2.05, 4.69) is 21.7 Å². The number of carbonyl (C=O) groups is 1. The molecule has 1 aliphatic rings. The molecular formula is C21H16N2O2. The number of hydrogen-bond acceptors (Lipinski definition) is 3. The lowest BCUT2D eigenvalue weighted by atomic mass is 9.96. The van der Waals surface area contributed by atoms with E-state index in [0.29, 0.717) is 6.42 Å². The maximum Gasteiger partial charge on any atom is 0.165 e. The van der Waals surface area contributed by atoms with Gasteiger partial charge in [-0.15, -0.1) is 0 Å². The summed E-state index contributed by atoms with van der Waals surface area (Å²) in [7, 11) is 0. The molecule has 122 valence electrons. The topological polar surface area (TPSA) is 48.0 Å². The first kappa shape index (κ1) is 14.2. The summed E-state index contributed by atoms with van der Waals surface area (Å²) in [5.74, 6) is 0.981. The van der Waals surface area contributed by atoms with Gasteiger partial charge in [-0.2, -0.15) is 0 Å². The fourth-order valence-corrected chi connectivity index (χ4v) is 3.78. The molecule has 25 heavy (non-hydrogen) atoms. The molecule has 5 rings (SSSR count). The van der Waals surface area contributed by atoms with E-state index < -0.39 is 0 Å². The molecule has 0 amide bonds. The highest BCUT2D eigenvalue weighted by Crippen LogP contribution is 2.41. The van der Waals surface area contributed by atoms with Crippen LogP contribution in [0.2, 0.25) is 0 Å². The number of hydrogen-bond donors (Lipinski definition) is 0. The highest BCUT2D eigenvalue weighted by molar-refractivity contribution is 6.00. The summed E-state index contributed by atoms with van der Waals surface area (Å²) in [4.78, 5) is 17.2. The van der Waals surface area contributed by atoms with Gasteiger partial charge in [0.1, 0.15) is 11.3 Å². The molecule has 1 unspecified atom stereocenters. The molecular weight excluding hydrogens is 312 g/mol. The number of aryl methyl sites for hydroxylation is 1. The Morgan fingerprint density at radius 3 is 3.00 bits per heavy atom. The Morgan fingerprint density at radius 1 is 1.20 bits per heavy atom. The van der Waals surface area contributed by atoms with E-state index in [-0.39, 0.29) is 11.8 Å². The number of nitrogens with zero attached hydrogens (tertiary/aromatic N) is 2. The average Bonchev–Trinajstić information content (AvgIpc) is 3.29. The van der Waals surface area contributed by atoms with Crippen LogP contribution in [0.3, 0.4) is 0 Å². The summed E-state index contributed by atoms with van der Waals surface area (Å²) in [6.45, 7) is 1.91. The van der Waals surface area contributed by atoms with Crippen molar-refractivity contribution in [2.45, 2.75) is 19.4 Å². The van der Waals surface area contributed by atoms with E-state index in [1.54, 1.807) is 0 Å². The van der Waals surface area contributed by atoms with Gasteiger partial charge in [0.25, 0.3) is 0 Å². The Labute approximate surface area is 144 Å². The predicted octanol–water partition coefficient (Wildman–Crippen LogP) is 4.78. The normalized spacial score (nSPS) is 15.3. The SMILES string of the molecule is Cc1cc2cc(C(=O)CC3c4ccccc4-c4cncn43)ccc2o1. The second-order valence-corrected chi connectivity index (χ2v) is 6.53. The van der Waals surface area contributed by atoms with Crippen LogP contribution in [-0.4, -0.2) is 15.3 Å². The minimum atomic E-state index is 0.00276. The number of imidazole rings is 1. The van der Waals surface area contributed by atoms with Crippen molar-refractivity contribution >= 4 is 16.8 Å². The van der Waals surface area contributed by atoms with Gasteiger partial charge in [-0.25, -0.2) is 4.98 Å². The van der Waals surface area contributed by atoms with Crippen molar-refractivity contribution in [2.75, 3.05) is 0 Å².